The SMILES string of the molecule is C=C[N]C(=S)CCl. The van der Waals surface area contributed by atoms with Crippen LogP contribution in [0, 0.1) is 0 Å². The van der Waals surface area contributed by atoms with E-state index in [1.165, 1.54) is 6.20 Å². The van der Waals surface area contributed by atoms with Crippen molar-refractivity contribution in [2.45, 2.75) is 0 Å². The molecule has 3 heteroatoms. The van der Waals surface area contributed by atoms with E-state index in [0.717, 1.165) is 0 Å². The van der Waals surface area contributed by atoms with Gasteiger partial charge in [-0.2, -0.15) is 0 Å². The van der Waals surface area contributed by atoms with Gasteiger partial charge in [0.25, 0.3) is 0 Å². The topological polar surface area (TPSA) is 14.1 Å². The van der Waals surface area contributed by atoms with E-state index in [1.54, 1.807) is 0 Å². The maximum Gasteiger partial charge on any atom is 0.118 e. The third-order valence-corrected chi connectivity index (χ3v) is 1.01. The van der Waals surface area contributed by atoms with E-state index in [1.807, 2.05) is 0 Å². The summed E-state index contributed by atoms with van der Waals surface area (Å²) in [6.07, 6.45) is 1.38. The third-order valence-electron chi connectivity index (χ3n) is 0.350. The van der Waals surface area contributed by atoms with Crippen LogP contribution in [0.5, 0.6) is 0 Å². The van der Waals surface area contributed by atoms with Crippen LogP contribution in [0.2, 0.25) is 0 Å². The average molecular weight is 135 g/mol. The molecule has 0 aromatic carbocycles. The predicted molar refractivity (Wildman–Crippen MR) is 35.6 cm³/mol. The number of hydrogen-bond donors (Lipinski definition) is 0. The first-order chi connectivity index (χ1) is 3.31. The molecule has 0 N–H and O–H groups in total. The molecule has 0 heterocycles. The lowest BCUT2D eigenvalue weighted by Gasteiger charge is -1.87. The Morgan fingerprint density at radius 3 is 2.71 bits per heavy atom. The van der Waals surface area contributed by atoms with Crippen molar-refractivity contribution in [1.82, 2.24) is 5.32 Å². The van der Waals surface area contributed by atoms with Gasteiger partial charge in [-0.05, 0) is 0 Å². The fourth-order valence-corrected chi connectivity index (χ4v) is 0.280. The van der Waals surface area contributed by atoms with Gasteiger partial charge in [0, 0.05) is 6.20 Å². The Hall–Kier alpha value is -0.0800. The lowest BCUT2D eigenvalue weighted by atomic mass is 10.7. The van der Waals surface area contributed by atoms with Crippen LogP contribution < -0.4 is 5.32 Å². The van der Waals surface area contributed by atoms with Gasteiger partial charge in [0.05, 0.1) is 5.88 Å². The number of alkyl halides is 1. The second-order valence-corrected chi connectivity index (χ2v) is 1.58. The van der Waals surface area contributed by atoms with Crippen LogP contribution in [0.4, 0.5) is 0 Å². The minimum atomic E-state index is 0.307. The molecule has 0 rings (SSSR count). The van der Waals surface area contributed by atoms with Crippen LogP contribution >= 0.6 is 23.8 Å². The highest BCUT2D eigenvalue weighted by atomic mass is 35.5. The Kier molecular flexibility index (Phi) is 4.04. The van der Waals surface area contributed by atoms with E-state index in [9.17, 15) is 0 Å². The standard InChI is InChI=1S/C4H5ClNS/c1-2-6-4(7)3-5/h2H,1,3H2. The monoisotopic (exact) mass is 134 g/mol. The summed E-state index contributed by atoms with van der Waals surface area (Å²) in [6, 6.07) is 0. The molecule has 1 nitrogen and oxygen atoms in total. The molecule has 0 atom stereocenters. The maximum atomic E-state index is 5.25. The minimum Gasteiger partial charge on any atom is -0.249 e. The molecular weight excluding hydrogens is 130 g/mol. The Morgan fingerprint density at radius 1 is 2.00 bits per heavy atom. The van der Waals surface area contributed by atoms with Crippen LogP contribution in [0.15, 0.2) is 12.8 Å². The molecule has 1 radical (unpaired) electrons. The van der Waals surface area contributed by atoms with Crippen molar-refractivity contribution in [3.05, 3.63) is 12.8 Å². The molecular formula is C4H5ClNS. The van der Waals surface area contributed by atoms with E-state index < -0.39 is 0 Å². The maximum absolute atomic E-state index is 5.25. The molecule has 0 amide bonds. The molecule has 0 unspecified atom stereocenters. The predicted octanol–water partition coefficient (Wildman–Crippen LogP) is 1.30. The second-order valence-electron chi connectivity index (χ2n) is 0.839. The van der Waals surface area contributed by atoms with Gasteiger partial charge in [-0.1, -0.05) is 18.8 Å². The molecule has 7 heavy (non-hydrogen) atoms. The van der Waals surface area contributed by atoms with Gasteiger partial charge in [0.15, 0.2) is 0 Å². The number of rotatable bonds is 2. The van der Waals surface area contributed by atoms with Crippen molar-refractivity contribution in [2.24, 2.45) is 0 Å². The quantitative estimate of drug-likeness (QED) is 0.410. The molecule has 0 saturated heterocycles. The summed E-state index contributed by atoms with van der Waals surface area (Å²) in [4.78, 5) is 0.483. The van der Waals surface area contributed by atoms with E-state index in [2.05, 4.69) is 24.1 Å². The number of hydrogen-bond acceptors (Lipinski definition) is 1. The van der Waals surface area contributed by atoms with Crippen LogP contribution in [0.1, 0.15) is 0 Å². The summed E-state index contributed by atoms with van der Waals surface area (Å²) in [5.41, 5.74) is 0. The first-order valence-corrected chi connectivity index (χ1v) is 2.66. The smallest absolute Gasteiger partial charge is 0.118 e. The fourth-order valence-electron chi connectivity index (χ4n) is 0.136. The lowest BCUT2D eigenvalue weighted by Crippen LogP contribution is -2.06. The van der Waals surface area contributed by atoms with Crippen LogP contribution in [-0.2, 0) is 0 Å². The first kappa shape index (κ1) is 6.92. The molecule has 0 fully saturated rings. The fraction of sp³-hybridized carbons (Fsp3) is 0.250. The molecule has 0 aromatic heterocycles. The summed E-state index contributed by atoms with van der Waals surface area (Å²) in [5, 5.41) is 3.61. The summed E-state index contributed by atoms with van der Waals surface area (Å²) >= 11 is 9.83. The van der Waals surface area contributed by atoms with Crippen molar-refractivity contribution < 1.29 is 0 Å². The van der Waals surface area contributed by atoms with Crippen molar-refractivity contribution in [3.8, 4) is 0 Å². The van der Waals surface area contributed by atoms with Crippen molar-refractivity contribution in [3.63, 3.8) is 0 Å². The molecule has 0 aliphatic heterocycles. The molecule has 39 valence electrons. The van der Waals surface area contributed by atoms with Crippen LogP contribution in [-0.4, -0.2) is 10.9 Å². The van der Waals surface area contributed by atoms with E-state index >= 15 is 0 Å². The number of halogens is 1. The summed E-state index contributed by atoms with van der Waals surface area (Å²) in [7, 11) is 0. The second kappa shape index (κ2) is 4.09. The van der Waals surface area contributed by atoms with Gasteiger partial charge in [-0.25, -0.2) is 5.32 Å². The van der Waals surface area contributed by atoms with Gasteiger partial charge in [-0.15, -0.1) is 11.6 Å². The van der Waals surface area contributed by atoms with Gasteiger partial charge in [-0.3, -0.25) is 0 Å². The molecule has 0 aliphatic carbocycles. The Balaban J connectivity index is 3.17. The van der Waals surface area contributed by atoms with Crippen molar-refractivity contribution in [1.29, 1.82) is 0 Å². The highest BCUT2D eigenvalue weighted by molar-refractivity contribution is 7.80. The zero-order valence-corrected chi connectivity index (χ0v) is 5.30. The van der Waals surface area contributed by atoms with Crippen LogP contribution in [0.3, 0.4) is 0 Å². The van der Waals surface area contributed by atoms with Gasteiger partial charge in [0.2, 0.25) is 0 Å². The molecule has 0 spiro atoms. The average Bonchev–Trinajstić information content (AvgIpc) is 1.68. The van der Waals surface area contributed by atoms with Crippen molar-refractivity contribution >= 4 is 28.8 Å². The molecule has 0 aliphatic rings. The molecule has 0 aromatic rings. The highest BCUT2D eigenvalue weighted by Crippen LogP contribution is 1.78. The zero-order valence-electron chi connectivity index (χ0n) is 3.72. The summed E-state index contributed by atoms with van der Waals surface area (Å²) < 4.78 is 0. The number of nitrogens with zero attached hydrogens (tertiary/aromatic N) is 1. The summed E-state index contributed by atoms with van der Waals surface area (Å²) in [6.45, 7) is 3.34. The van der Waals surface area contributed by atoms with Crippen molar-refractivity contribution in [2.75, 3.05) is 5.88 Å². The Bertz CT molecular complexity index is 81.8. The molecule has 0 bridgehead atoms. The largest absolute Gasteiger partial charge is 0.249 e. The van der Waals surface area contributed by atoms with Gasteiger partial charge < -0.3 is 0 Å². The van der Waals surface area contributed by atoms with Gasteiger partial charge in [0.1, 0.15) is 4.99 Å². The lowest BCUT2D eigenvalue weighted by molar-refractivity contribution is 1.28. The minimum absolute atomic E-state index is 0.307. The zero-order chi connectivity index (χ0) is 5.70. The van der Waals surface area contributed by atoms with Gasteiger partial charge >= 0.3 is 0 Å². The third kappa shape index (κ3) is 3.76. The van der Waals surface area contributed by atoms with Crippen LogP contribution in [0.25, 0.3) is 0 Å². The Morgan fingerprint density at radius 2 is 2.57 bits per heavy atom. The highest BCUT2D eigenvalue weighted by Gasteiger charge is 1.85. The number of thiocarbonyl (C=S) groups is 1. The van der Waals surface area contributed by atoms with E-state index in [-0.39, 0.29) is 0 Å². The summed E-state index contributed by atoms with van der Waals surface area (Å²) in [5.74, 6) is 0.307. The first-order valence-electron chi connectivity index (χ1n) is 1.71. The Labute approximate surface area is 53.4 Å². The van der Waals surface area contributed by atoms with E-state index in [4.69, 9.17) is 11.6 Å². The molecule has 0 saturated carbocycles. The normalized spacial score (nSPS) is 7.57. The van der Waals surface area contributed by atoms with E-state index in [0.29, 0.717) is 10.9 Å².